The van der Waals surface area contributed by atoms with E-state index in [0.717, 1.165) is 21.9 Å². The van der Waals surface area contributed by atoms with Crippen molar-refractivity contribution >= 4 is 62.5 Å². The van der Waals surface area contributed by atoms with Crippen molar-refractivity contribution in [1.82, 2.24) is 9.13 Å². The number of ketones is 1. The first-order valence-electron chi connectivity index (χ1n) is 9.31. The van der Waals surface area contributed by atoms with Crippen molar-refractivity contribution in [2.24, 2.45) is 30.0 Å². The molecule has 2 aromatic carbocycles. The second kappa shape index (κ2) is 6.80. The Balaban J connectivity index is 1.82. The molecular formula is C22H15Cl2N5O2. The van der Waals surface area contributed by atoms with Crippen molar-refractivity contribution < 1.29 is 4.79 Å². The third-order valence-electron chi connectivity index (χ3n) is 5.55. The second-order valence-electron chi connectivity index (χ2n) is 7.34. The van der Waals surface area contributed by atoms with Gasteiger partial charge < -0.3 is 10.3 Å². The Bertz CT molecular complexity index is 1580. The summed E-state index contributed by atoms with van der Waals surface area (Å²) in [6, 6.07) is 12.4. The molecule has 0 aliphatic carbocycles. The van der Waals surface area contributed by atoms with Gasteiger partial charge in [-0.25, -0.2) is 0 Å². The minimum absolute atomic E-state index is 0.130. The number of Topliss-reactive ketones (excluding diaryl/α,β-unsaturated/α-hetero) is 1. The predicted molar refractivity (Wildman–Crippen MR) is 124 cm³/mol. The molecule has 2 aromatic heterocycles. The van der Waals surface area contributed by atoms with Gasteiger partial charge in [-0.3, -0.25) is 14.2 Å². The molecule has 2 N–H and O–H groups in total. The van der Waals surface area contributed by atoms with Gasteiger partial charge in [0.05, 0.1) is 10.5 Å². The molecule has 0 atom stereocenters. The third kappa shape index (κ3) is 2.81. The molecular weight excluding hydrogens is 437 g/mol. The molecule has 0 radical (unpaired) electrons. The fraction of sp³-hybridized carbons (Fsp3) is 0.0909. The van der Waals surface area contributed by atoms with Crippen LogP contribution < -0.4 is 11.3 Å². The van der Waals surface area contributed by atoms with Crippen LogP contribution in [-0.4, -0.2) is 26.5 Å². The van der Waals surface area contributed by atoms with Gasteiger partial charge in [0.25, 0.3) is 5.56 Å². The van der Waals surface area contributed by atoms with E-state index in [2.05, 4.69) is 10.2 Å². The summed E-state index contributed by atoms with van der Waals surface area (Å²) >= 11 is 12.4. The number of rotatable bonds is 2. The molecule has 1 aliphatic heterocycles. The van der Waals surface area contributed by atoms with Crippen LogP contribution in [-0.2, 0) is 18.9 Å². The highest BCUT2D eigenvalue weighted by molar-refractivity contribution is 6.70. The lowest BCUT2D eigenvalue weighted by molar-refractivity contribution is -0.107. The Hall–Kier alpha value is -3.42. The van der Waals surface area contributed by atoms with Crippen molar-refractivity contribution in [3.8, 4) is 11.1 Å². The lowest BCUT2D eigenvalue weighted by atomic mass is 10.0. The lowest BCUT2D eigenvalue weighted by Crippen LogP contribution is -2.27. The van der Waals surface area contributed by atoms with E-state index < -0.39 is 5.78 Å². The van der Waals surface area contributed by atoms with E-state index in [0.29, 0.717) is 26.7 Å². The largest absolute Gasteiger partial charge is 0.379 e. The SMILES string of the molecule is Cn1c(=O)c(-c2ccc(Cl)cc2Cl)cc2c3cc(C4=NN=C(N)C4=O)ccc3n(C)c21. The number of amidine groups is 1. The van der Waals surface area contributed by atoms with Crippen molar-refractivity contribution in [2.45, 2.75) is 0 Å². The second-order valence-corrected chi connectivity index (χ2v) is 8.18. The summed E-state index contributed by atoms with van der Waals surface area (Å²) in [5, 5.41) is 10.2. The number of nitrogens with zero attached hydrogens (tertiary/aromatic N) is 4. The quantitative estimate of drug-likeness (QED) is 0.503. The van der Waals surface area contributed by atoms with E-state index in [4.69, 9.17) is 28.9 Å². The van der Waals surface area contributed by atoms with E-state index in [9.17, 15) is 9.59 Å². The topological polar surface area (TPSA) is 94.7 Å². The first kappa shape index (κ1) is 19.5. The average molecular weight is 452 g/mol. The fourth-order valence-electron chi connectivity index (χ4n) is 4.04. The van der Waals surface area contributed by atoms with Crippen LogP contribution in [0.25, 0.3) is 33.1 Å². The molecule has 5 rings (SSSR count). The van der Waals surface area contributed by atoms with Gasteiger partial charge in [0, 0.05) is 46.6 Å². The monoisotopic (exact) mass is 451 g/mol. The van der Waals surface area contributed by atoms with E-state index in [1.54, 1.807) is 35.9 Å². The smallest absolute Gasteiger partial charge is 0.259 e. The minimum Gasteiger partial charge on any atom is -0.379 e. The van der Waals surface area contributed by atoms with Crippen molar-refractivity contribution in [1.29, 1.82) is 0 Å². The van der Waals surface area contributed by atoms with Crippen molar-refractivity contribution in [2.75, 3.05) is 0 Å². The molecule has 154 valence electrons. The van der Waals surface area contributed by atoms with E-state index in [1.807, 2.05) is 29.8 Å². The number of fused-ring (bicyclic) bond motifs is 3. The van der Waals surface area contributed by atoms with Crippen LogP contribution in [0.3, 0.4) is 0 Å². The Morgan fingerprint density at radius 2 is 1.65 bits per heavy atom. The number of aromatic nitrogens is 2. The molecule has 3 heterocycles. The van der Waals surface area contributed by atoms with Crippen LogP contribution in [0.15, 0.2) is 57.5 Å². The van der Waals surface area contributed by atoms with Crippen LogP contribution in [0.5, 0.6) is 0 Å². The van der Waals surface area contributed by atoms with E-state index in [-0.39, 0.29) is 17.1 Å². The molecule has 7 nitrogen and oxygen atoms in total. The highest BCUT2D eigenvalue weighted by Gasteiger charge is 2.24. The van der Waals surface area contributed by atoms with Gasteiger partial charge in [-0.1, -0.05) is 35.3 Å². The Labute approximate surface area is 186 Å². The van der Waals surface area contributed by atoms with Crippen LogP contribution >= 0.6 is 23.2 Å². The van der Waals surface area contributed by atoms with Crippen LogP contribution in [0, 0.1) is 0 Å². The summed E-state index contributed by atoms with van der Waals surface area (Å²) in [7, 11) is 3.61. The van der Waals surface area contributed by atoms with E-state index >= 15 is 0 Å². The fourth-order valence-corrected chi connectivity index (χ4v) is 4.55. The van der Waals surface area contributed by atoms with Crippen LogP contribution in [0.4, 0.5) is 0 Å². The maximum Gasteiger partial charge on any atom is 0.259 e. The molecule has 4 aromatic rings. The number of pyridine rings is 1. The molecule has 0 bridgehead atoms. The molecule has 0 fully saturated rings. The lowest BCUT2D eigenvalue weighted by Gasteiger charge is -2.09. The number of hydrogen-bond donors (Lipinski definition) is 1. The minimum atomic E-state index is -0.402. The normalized spacial score (nSPS) is 13.9. The molecule has 31 heavy (non-hydrogen) atoms. The van der Waals surface area contributed by atoms with Gasteiger partial charge >= 0.3 is 0 Å². The molecule has 0 unspecified atom stereocenters. The van der Waals surface area contributed by atoms with Gasteiger partial charge in [0.1, 0.15) is 11.4 Å². The van der Waals surface area contributed by atoms with Gasteiger partial charge in [0.2, 0.25) is 5.78 Å². The molecule has 0 amide bonds. The van der Waals surface area contributed by atoms with E-state index in [1.165, 1.54) is 0 Å². The molecule has 0 saturated carbocycles. The third-order valence-corrected chi connectivity index (χ3v) is 6.10. The number of hydrogen-bond acceptors (Lipinski definition) is 5. The van der Waals surface area contributed by atoms with Crippen LogP contribution in [0.2, 0.25) is 10.0 Å². The molecule has 0 saturated heterocycles. The summed E-state index contributed by atoms with van der Waals surface area (Å²) < 4.78 is 3.53. The maximum absolute atomic E-state index is 13.2. The van der Waals surface area contributed by atoms with Gasteiger partial charge in [-0.15, -0.1) is 10.2 Å². The van der Waals surface area contributed by atoms with Crippen molar-refractivity contribution in [3.63, 3.8) is 0 Å². The number of halogens is 2. The Kier molecular flexibility index (Phi) is 4.28. The number of nitrogens with two attached hydrogens (primary N) is 1. The number of carbonyl (C=O) groups is 1. The summed E-state index contributed by atoms with van der Waals surface area (Å²) in [5.74, 6) is -0.532. The zero-order chi connectivity index (χ0) is 22.0. The Morgan fingerprint density at radius 3 is 2.32 bits per heavy atom. The zero-order valence-corrected chi connectivity index (χ0v) is 18.0. The molecule has 1 aliphatic rings. The van der Waals surface area contributed by atoms with Gasteiger partial charge in [0.15, 0.2) is 5.84 Å². The first-order valence-corrected chi connectivity index (χ1v) is 10.1. The van der Waals surface area contributed by atoms with Gasteiger partial charge in [-0.05, 0) is 30.3 Å². The van der Waals surface area contributed by atoms with Crippen LogP contribution in [0.1, 0.15) is 5.56 Å². The predicted octanol–water partition coefficient (Wildman–Crippen LogP) is 3.65. The standard InChI is InChI=1S/C22H15Cl2N5O2/c1-28-17-6-3-10(18-19(30)20(25)27-26-18)7-13(17)14-9-15(22(31)29(2)21(14)28)12-5-4-11(23)8-16(12)24/h3-9H,1-2H3,(H2,25,27,30). The summed E-state index contributed by atoms with van der Waals surface area (Å²) in [6.45, 7) is 0. The van der Waals surface area contributed by atoms with Gasteiger partial charge in [-0.2, -0.15) is 0 Å². The number of carbonyl (C=O) groups excluding carboxylic acids is 1. The molecule has 9 heteroatoms. The maximum atomic E-state index is 13.2. The summed E-state index contributed by atoms with van der Waals surface area (Å²) in [4.78, 5) is 25.4. The summed E-state index contributed by atoms with van der Waals surface area (Å²) in [5.41, 5.74) is 8.89. The van der Waals surface area contributed by atoms with Crippen molar-refractivity contribution in [3.05, 3.63) is 68.4 Å². The Morgan fingerprint density at radius 1 is 0.871 bits per heavy atom. The first-order chi connectivity index (χ1) is 14.8. The number of aryl methyl sites for hydroxylation is 2. The summed E-state index contributed by atoms with van der Waals surface area (Å²) in [6.07, 6.45) is 0. The zero-order valence-electron chi connectivity index (χ0n) is 16.5. The molecule has 0 spiro atoms. The highest BCUT2D eigenvalue weighted by Crippen LogP contribution is 2.34. The number of benzene rings is 2. The average Bonchev–Trinajstić information content (AvgIpc) is 3.22. The highest BCUT2D eigenvalue weighted by atomic mass is 35.5.